The molecule has 0 bridgehead atoms. The SMILES string of the molecule is COc1ccc(C2(C(=O)NCc3ccco3)CCOCC2)cc1OC. The van der Waals surface area contributed by atoms with E-state index >= 15 is 0 Å². The van der Waals surface area contributed by atoms with Gasteiger partial charge in [0.05, 0.1) is 32.4 Å². The Kier molecular flexibility index (Phi) is 5.28. The number of amides is 1. The van der Waals surface area contributed by atoms with Gasteiger partial charge in [0.1, 0.15) is 5.76 Å². The van der Waals surface area contributed by atoms with Crippen molar-refractivity contribution in [1.29, 1.82) is 0 Å². The van der Waals surface area contributed by atoms with Crippen LogP contribution in [0.5, 0.6) is 11.5 Å². The molecule has 0 aliphatic carbocycles. The third-order valence-corrected chi connectivity index (χ3v) is 4.72. The van der Waals surface area contributed by atoms with E-state index in [0.29, 0.717) is 44.1 Å². The van der Waals surface area contributed by atoms with Crippen LogP contribution < -0.4 is 14.8 Å². The van der Waals surface area contributed by atoms with Gasteiger partial charge in [-0.3, -0.25) is 4.79 Å². The van der Waals surface area contributed by atoms with Gasteiger partial charge in [0.15, 0.2) is 11.5 Å². The Labute approximate surface area is 147 Å². The number of benzene rings is 1. The Morgan fingerprint density at radius 3 is 2.56 bits per heavy atom. The summed E-state index contributed by atoms with van der Waals surface area (Å²) in [7, 11) is 3.19. The molecule has 0 saturated carbocycles. The van der Waals surface area contributed by atoms with Crippen molar-refractivity contribution in [1.82, 2.24) is 5.32 Å². The Hall–Kier alpha value is -2.47. The highest BCUT2D eigenvalue weighted by Gasteiger charge is 2.42. The molecule has 2 heterocycles. The van der Waals surface area contributed by atoms with Gasteiger partial charge in [-0.25, -0.2) is 0 Å². The fourth-order valence-electron chi connectivity index (χ4n) is 3.25. The van der Waals surface area contributed by atoms with Gasteiger partial charge >= 0.3 is 0 Å². The van der Waals surface area contributed by atoms with Crippen molar-refractivity contribution in [3.05, 3.63) is 47.9 Å². The third-order valence-electron chi connectivity index (χ3n) is 4.72. The molecule has 6 heteroatoms. The van der Waals surface area contributed by atoms with Gasteiger partial charge in [-0.1, -0.05) is 6.07 Å². The highest BCUT2D eigenvalue weighted by atomic mass is 16.5. The molecule has 0 unspecified atom stereocenters. The summed E-state index contributed by atoms with van der Waals surface area (Å²) in [5.41, 5.74) is 0.259. The second-order valence-corrected chi connectivity index (χ2v) is 6.03. The number of rotatable bonds is 6. The molecular formula is C19H23NO5. The summed E-state index contributed by atoms with van der Waals surface area (Å²) in [4.78, 5) is 13.1. The summed E-state index contributed by atoms with van der Waals surface area (Å²) in [6.07, 6.45) is 2.83. The number of furan rings is 1. The van der Waals surface area contributed by atoms with E-state index in [0.717, 1.165) is 11.3 Å². The number of methoxy groups -OCH3 is 2. The fraction of sp³-hybridized carbons (Fsp3) is 0.421. The third kappa shape index (κ3) is 3.49. The summed E-state index contributed by atoms with van der Waals surface area (Å²) in [5.74, 6) is 1.96. The molecule has 134 valence electrons. The van der Waals surface area contributed by atoms with Crippen molar-refractivity contribution >= 4 is 5.91 Å². The van der Waals surface area contributed by atoms with Crippen LogP contribution in [0.2, 0.25) is 0 Å². The molecule has 1 saturated heterocycles. The molecule has 3 rings (SSSR count). The zero-order valence-corrected chi connectivity index (χ0v) is 14.5. The Bertz CT molecular complexity index is 705. The van der Waals surface area contributed by atoms with Crippen molar-refractivity contribution in [3.63, 3.8) is 0 Å². The van der Waals surface area contributed by atoms with Crippen LogP contribution >= 0.6 is 0 Å². The molecule has 6 nitrogen and oxygen atoms in total. The predicted molar refractivity (Wildman–Crippen MR) is 91.8 cm³/mol. The van der Waals surface area contributed by atoms with E-state index in [1.54, 1.807) is 26.5 Å². The van der Waals surface area contributed by atoms with E-state index in [-0.39, 0.29) is 5.91 Å². The molecule has 1 fully saturated rings. The molecule has 1 aromatic heterocycles. The molecular weight excluding hydrogens is 322 g/mol. The first kappa shape index (κ1) is 17.4. The van der Waals surface area contributed by atoms with Gasteiger partial charge in [-0.15, -0.1) is 0 Å². The van der Waals surface area contributed by atoms with Crippen LogP contribution in [0.1, 0.15) is 24.2 Å². The van der Waals surface area contributed by atoms with Crippen LogP contribution in [0.15, 0.2) is 41.0 Å². The predicted octanol–water partition coefficient (Wildman–Crippen LogP) is 2.66. The minimum absolute atomic E-state index is 0.0283. The summed E-state index contributed by atoms with van der Waals surface area (Å²) in [6, 6.07) is 9.30. The number of carbonyl (C=O) groups excluding carboxylic acids is 1. The zero-order valence-electron chi connectivity index (χ0n) is 14.5. The minimum atomic E-state index is -0.648. The molecule has 1 amide bonds. The van der Waals surface area contributed by atoms with Gasteiger partial charge in [0, 0.05) is 13.2 Å². The normalized spacial score (nSPS) is 16.2. The van der Waals surface area contributed by atoms with Gasteiger partial charge in [-0.2, -0.15) is 0 Å². The molecule has 25 heavy (non-hydrogen) atoms. The highest BCUT2D eigenvalue weighted by Crippen LogP contribution is 2.39. The summed E-state index contributed by atoms with van der Waals surface area (Å²) in [5, 5.41) is 3.00. The lowest BCUT2D eigenvalue weighted by Crippen LogP contribution is -2.47. The molecule has 1 aliphatic rings. The van der Waals surface area contributed by atoms with Crippen molar-refractivity contribution < 1.29 is 23.4 Å². The average molecular weight is 345 g/mol. The van der Waals surface area contributed by atoms with Crippen LogP contribution in [-0.4, -0.2) is 33.3 Å². The van der Waals surface area contributed by atoms with Gasteiger partial charge in [0.25, 0.3) is 0 Å². The molecule has 0 radical (unpaired) electrons. The van der Waals surface area contributed by atoms with Gasteiger partial charge in [-0.05, 0) is 42.7 Å². The number of nitrogens with one attached hydrogen (secondary N) is 1. The van der Waals surface area contributed by atoms with Crippen molar-refractivity contribution in [3.8, 4) is 11.5 Å². The lowest BCUT2D eigenvalue weighted by atomic mass is 9.73. The molecule has 1 aromatic carbocycles. The van der Waals surface area contributed by atoms with E-state index in [1.165, 1.54) is 0 Å². The van der Waals surface area contributed by atoms with Crippen LogP contribution in [0, 0.1) is 0 Å². The summed E-state index contributed by atoms with van der Waals surface area (Å²) >= 11 is 0. The first-order chi connectivity index (χ1) is 12.2. The van der Waals surface area contributed by atoms with Gasteiger partial charge in [0.2, 0.25) is 5.91 Å². The van der Waals surface area contributed by atoms with Crippen LogP contribution in [-0.2, 0) is 21.5 Å². The number of hydrogen-bond acceptors (Lipinski definition) is 5. The highest BCUT2D eigenvalue weighted by molar-refractivity contribution is 5.88. The second-order valence-electron chi connectivity index (χ2n) is 6.03. The number of hydrogen-bond donors (Lipinski definition) is 1. The number of carbonyl (C=O) groups is 1. The Morgan fingerprint density at radius 1 is 1.16 bits per heavy atom. The van der Waals surface area contributed by atoms with Gasteiger partial charge < -0.3 is 23.9 Å². The zero-order chi connectivity index (χ0) is 17.7. The maximum Gasteiger partial charge on any atom is 0.231 e. The molecule has 0 atom stereocenters. The Balaban J connectivity index is 1.88. The maximum absolute atomic E-state index is 13.1. The summed E-state index contributed by atoms with van der Waals surface area (Å²) < 4.78 is 21.5. The van der Waals surface area contributed by atoms with Crippen LogP contribution in [0.4, 0.5) is 0 Å². The first-order valence-corrected chi connectivity index (χ1v) is 8.30. The quantitative estimate of drug-likeness (QED) is 0.872. The Morgan fingerprint density at radius 2 is 1.92 bits per heavy atom. The largest absolute Gasteiger partial charge is 0.493 e. The monoisotopic (exact) mass is 345 g/mol. The molecule has 1 aliphatic heterocycles. The van der Waals surface area contributed by atoms with Crippen molar-refractivity contribution in [2.45, 2.75) is 24.8 Å². The van der Waals surface area contributed by atoms with Crippen LogP contribution in [0.3, 0.4) is 0 Å². The maximum atomic E-state index is 13.1. The molecule has 1 N–H and O–H groups in total. The molecule has 2 aromatic rings. The van der Waals surface area contributed by atoms with Crippen molar-refractivity contribution in [2.75, 3.05) is 27.4 Å². The van der Waals surface area contributed by atoms with E-state index in [1.807, 2.05) is 24.3 Å². The smallest absolute Gasteiger partial charge is 0.231 e. The lowest BCUT2D eigenvalue weighted by Gasteiger charge is -2.36. The number of ether oxygens (including phenoxy) is 3. The second kappa shape index (κ2) is 7.61. The topological polar surface area (TPSA) is 69.9 Å². The minimum Gasteiger partial charge on any atom is -0.493 e. The fourth-order valence-corrected chi connectivity index (χ4v) is 3.25. The van der Waals surface area contributed by atoms with Crippen LogP contribution in [0.25, 0.3) is 0 Å². The van der Waals surface area contributed by atoms with E-state index in [9.17, 15) is 4.79 Å². The average Bonchev–Trinajstić information content (AvgIpc) is 3.19. The van der Waals surface area contributed by atoms with E-state index in [4.69, 9.17) is 18.6 Å². The van der Waals surface area contributed by atoms with E-state index in [2.05, 4.69) is 5.32 Å². The van der Waals surface area contributed by atoms with Crippen molar-refractivity contribution in [2.24, 2.45) is 0 Å². The lowest BCUT2D eigenvalue weighted by molar-refractivity contribution is -0.130. The first-order valence-electron chi connectivity index (χ1n) is 8.30. The van der Waals surface area contributed by atoms with E-state index < -0.39 is 5.41 Å². The summed E-state index contributed by atoms with van der Waals surface area (Å²) in [6.45, 7) is 1.45. The standard InChI is InChI=1S/C19H23NO5/c1-22-16-6-5-14(12-17(16)23-2)19(7-10-24-11-8-19)18(21)20-13-15-4-3-9-25-15/h3-6,9,12H,7-8,10-11,13H2,1-2H3,(H,20,21). The molecule has 0 spiro atoms.